The molecule has 0 saturated carbocycles. The lowest BCUT2D eigenvalue weighted by Gasteiger charge is -2.12. The van der Waals surface area contributed by atoms with Crippen LogP contribution in [0.25, 0.3) is 0 Å². The molecule has 2 amide bonds. The smallest absolute Gasteiger partial charge is 0.313 e. The van der Waals surface area contributed by atoms with Crippen LogP contribution in [0.3, 0.4) is 0 Å². The highest BCUT2D eigenvalue weighted by Gasteiger charge is 2.16. The number of para-hydroxylation sites is 1. The highest BCUT2D eigenvalue weighted by Crippen LogP contribution is 2.15. The van der Waals surface area contributed by atoms with Gasteiger partial charge in [-0.05, 0) is 31.4 Å². The largest absolute Gasteiger partial charge is 0.345 e. The van der Waals surface area contributed by atoms with Gasteiger partial charge in [-0.1, -0.05) is 32.0 Å². The van der Waals surface area contributed by atoms with E-state index in [1.165, 1.54) is 0 Å². The minimum absolute atomic E-state index is 0.00432. The van der Waals surface area contributed by atoms with Crippen LogP contribution in [0.5, 0.6) is 0 Å². The van der Waals surface area contributed by atoms with E-state index in [9.17, 15) is 9.59 Å². The van der Waals surface area contributed by atoms with Crippen LogP contribution in [-0.4, -0.2) is 17.9 Å². The third kappa shape index (κ3) is 3.87. The normalized spacial score (nSPS) is 11.7. The Bertz CT molecular complexity index is 430. The van der Waals surface area contributed by atoms with Gasteiger partial charge in [-0.15, -0.1) is 0 Å². The molecule has 0 heterocycles. The summed E-state index contributed by atoms with van der Waals surface area (Å²) in [4.78, 5) is 23.3. The Balaban J connectivity index is 2.67. The Morgan fingerprint density at radius 1 is 1.17 bits per heavy atom. The lowest BCUT2D eigenvalue weighted by atomic mass is 10.1. The van der Waals surface area contributed by atoms with E-state index in [1.807, 2.05) is 39.0 Å². The number of carbonyl (C=O) groups excluding carboxylic acids is 2. The summed E-state index contributed by atoms with van der Waals surface area (Å²) in [5, 5.41) is 5.28. The summed E-state index contributed by atoms with van der Waals surface area (Å²) in [6, 6.07) is 7.48. The average Bonchev–Trinajstić information content (AvgIpc) is 2.39. The van der Waals surface area contributed by atoms with Gasteiger partial charge in [0.2, 0.25) is 0 Å². The zero-order chi connectivity index (χ0) is 13.5. The van der Waals surface area contributed by atoms with Crippen molar-refractivity contribution in [1.82, 2.24) is 5.32 Å². The van der Waals surface area contributed by atoms with E-state index < -0.39 is 11.8 Å². The maximum absolute atomic E-state index is 11.7. The monoisotopic (exact) mass is 248 g/mol. The van der Waals surface area contributed by atoms with E-state index in [2.05, 4.69) is 10.6 Å². The molecule has 0 aromatic heterocycles. The van der Waals surface area contributed by atoms with Crippen molar-refractivity contribution in [3.05, 3.63) is 29.8 Å². The van der Waals surface area contributed by atoms with Crippen LogP contribution in [0.1, 0.15) is 32.8 Å². The molecule has 0 unspecified atom stereocenters. The summed E-state index contributed by atoms with van der Waals surface area (Å²) in [7, 11) is 0. The van der Waals surface area contributed by atoms with Crippen molar-refractivity contribution >= 4 is 17.5 Å². The molecule has 0 spiro atoms. The molecule has 0 bridgehead atoms. The second kappa shape index (κ2) is 6.79. The molecule has 1 aromatic carbocycles. The molecule has 0 aliphatic heterocycles. The van der Waals surface area contributed by atoms with E-state index in [4.69, 9.17) is 0 Å². The lowest BCUT2D eigenvalue weighted by Crippen LogP contribution is -2.40. The number of hydrogen-bond acceptors (Lipinski definition) is 2. The van der Waals surface area contributed by atoms with Crippen LogP contribution in [0.2, 0.25) is 0 Å². The van der Waals surface area contributed by atoms with Crippen molar-refractivity contribution in [2.75, 3.05) is 5.32 Å². The molecular weight excluding hydrogens is 228 g/mol. The zero-order valence-electron chi connectivity index (χ0n) is 11.1. The van der Waals surface area contributed by atoms with Gasteiger partial charge >= 0.3 is 11.8 Å². The van der Waals surface area contributed by atoms with Gasteiger partial charge < -0.3 is 10.6 Å². The van der Waals surface area contributed by atoms with Gasteiger partial charge in [0, 0.05) is 11.7 Å². The number of amides is 2. The molecule has 0 aliphatic carbocycles. The summed E-state index contributed by atoms with van der Waals surface area (Å²) in [6.45, 7) is 5.82. The van der Waals surface area contributed by atoms with Crippen molar-refractivity contribution in [1.29, 1.82) is 0 Å². The fourth-order valence-corrected chi connectivity index (χ4v) is 1.52. The van der Waals surface area contributed by atoms with Gasteiger partial charge in [-0.3, -0.25) is 9.59 Å². The second-order valence-corrected chi connectivity index (χ2v) is 4.25. The first-order chi connectivity index (χ1) is 8.58. The summed E-state index contributed by atoms with van der Waals surface area (Å²) >= 11 is 0. The van der Waals surface area contributed by atoms with Crippen LogP contribution in [0.15, 0.2) is 24.3 Å². The Morgan fingerprint density at radius 3 is 2.44 bits per heavy atom. The van der Waals surface area contributed by atoms with Gasteiger partial charge in [0.05, 0.1) is 0 Å². The Hall–Kier alpha value is -1.84. The van der Waals surface area contributed by atoms with Gasteiger partial charge in [0.1, 0.15) is 0 Å². The topological polar surface area (TPSA) is 58.2 Å². The third-order valence-electron chi connectivity index (χ3n) is 2.84. The summed E-state index contributed by atoms with van der Waals surface area (Å²) in [6.07, 6.45) is 1.61. The van der Waals surface area contributed by atoms with Crippen molar-refractivity contribution in [3.8, 4) is 0 Å². The van der Waals surface area contributed by atoms with Gasteiger partial charge in [0.15, 0.2) is 0 Å². The fourth-order valence-electron chi connectivity index (χ4n) is 1.52. The van der Waals surface area contributed by atoms with E-state index in [-0.39, 0.29) is 6.04 Å². The number of carbonyl (C=O) groups is 2. The molecule has 0 aliphatic rings. The third-order valence-corrected chi connectivity index (χ3v) is 2.84. The fraction of sp³-hybridized carbons (Fsp3) is 0.429. The standard InChI is InChI=1S/C14H20N2O2/c1-4-10(3)15-13(17)14(18)16-12-9-7-6-8-11(12)5-2/h6-10H,4-5H2,1-3H3,(H,15,17)(H,16,18)/t10-/m1/s1. The number of benzene rings is 1. The average molecular weight is 248 g/mol. The first kappa shape index (κ1) is 14.2. The molecule has 18 heavy (non-hydrogen) atoms. The van der Waals surface area contributed by atoms with Gasteiger partial charge in [-0.25, -0.2) is 0 Å². The van der Waals surface area contributed by atoms with Crippen LogP contribution in [0, 0.1) is 0 Å². The SMILES string of the molecule is CCc1ccccc1NC(=O)C(=O)N[C@H](C)CC. The highest BCUT2D eigenvalue weighted by molar-refractivity contribution is 6.39. The quantitative estimate of drug-likeness (QED) is 0.802. The Morgan fingerprint density at radius 2 is 1.83 bits per heavy atom. The maximum atomic E-state index is 11.7. The Labute approximate surface area is 108 Å². The summed E-state index contributed by atoms with van der Waals surface area (Å²) in [5.74, 6) is -1.20. The first-order valence-corrected chi connectivity index (χ1v) is 6.28. The number of nitrogens with one attached hydrogen (secondary N) is 2. The van der Waals surface area contributed by atoms with Crippen LogP contribution >= 0.6 is 0 Å². The van der Waals surface area contributed by atoms with E-state index in [1.54, 1.807) is 6.07 Å². The van der Waals surface area contributed by atoms with Crippen LogP contribution in [0.4, 0.5) is 5.69 Å². The molecular formula is C14H20N2O2. The van der Waals surface area contributed by atoms with Crippen molar-refractivity contribution in [2.45, 2.75) is 39.7 Å². The number of aryl methyl sites for hydroxylation is 1. The molecule has 0 saturated heterocycles. The molecule has 1 atom stereocenters. The predicted molar refractivity (Wildman–Crippen MR) is 72.3 cm³/mol. The summed E-state index contributed by atoms with van der Waals surface area (Å²) in [5.41, 5.74) is 1.71. The van der Waals surface area contributed by atoms with E-state index >= 15 is 0 Å². The van der Waals surface area contributed by atoms with E-state index in [0.29, 0.717) is 5.69 Å². The molecule has 1 rings (SSSR count). The lowest BCUT2D eigenvalue weighted by molar-refractivity contribution is -0.136. The zero-order valence-corrected chi connectivity index (χ0v) is 11.1. The van der Waals surface area contributed by atoms with Gasteiger partial charge in [0.25, 0.3) is 0 Å². The molecule has 4 heteroatoms. The molecule has 4 nitrogen and oxygen atoms in total. The molecule has 2 N–H and O–H groups in total. The van der Waals surface area contributed by atoms with Crippen molar-refractivity contribution in [2.24, 2.45) is 0 Å². The van der Waals surface area contributed by atoms with Crippen LogP contribution in [-0.2, 0) is 16.0 Å². The number of hydrogen-bond donors (Lipinski definition) is 2. The van der Waals surface area contributed by atoms with Crippen molar-refractivity contribution < 1.29 is 9.59 Å². The molecule has 0 radical (unpaired) electrons. The predicted octanol–water partition coefficient (Wildman–Crippen LogP) is 2.10. The molecule has 0 fully saturated rings. The van der Waals surface area contributed by atoms with Gasteiger partial charge in [-0.2, -0.15) is 0 Å². The minimum Gasteiger partial charge on any atom is -0.345 e. The van der Waals surface area contributed by atoms with Crippen LogP contribution < -0.4 is 10.6 Å². The minimum atomic E-state index is -0.615. The molecule has 1 aromatic rings. The molecule has 98 valence electrons. The van der Waals surface area contributed by atoms with Crippen molar-refractivity contribution in [3.63, 3.8) is 0 Å². The second-order valence-electron chi connectivity index (χ2n) is 4.25. The Kier molecular flexibility index (Phi) is 5.36. The number of anilines is 1. The summed E-state index contributed by atoms with van der Waals surface area (Å²) < 4.78 is 0. The number of rotatable bonds is 4. The first-order valence-electron chi connectivity index (χ1n) is 6.28. The highest BCUT2D eigenvalue weighted by atomic mass is 16.2. The van der Waals surface area contributed by atoms with E-state index in [0.717, 1.165) is 18.4 Å². The maximum Gasteiger partial charge on any atom is 0.313 e.